The van der Waals surface area contributed by atoms with Crippen molar-refractivity contribution in [2.24, 2.45) is 5.73 Å². The summed E-state index contributed by atoms with van der Waals surface area (Å²) in [5.41, 5.74) is 4.75. The van der Waals surface area contributed by atoms with Crippen LogP contribution in [0.25, 0.3) is 5.76 Å². The monoisotopic (exact) mass is 343 g/mol. The molecule has 0 radical (unpaired) electrons. The Bertz CT molecular complexity index is 736. The van der Waals surface area contributed by atoms with Gasteiger partial charge in [-0.25, -0.2) is 0 Å². The number of rotatable bonds is 3. The van der Waals surface area contributed by atoms with Gasteiger partial charge in [-0.1, -0.05) is 0 Å². The summed E-state index contributed by atoms with van der Waals surface area (Å²) in [6.07, 6.45) is 1.07. The molecule has 1 aliphatic heterocycles. The maximum Gasteiger partial charge on any atom is 0.534 e. The third-order valence-corrected chi connectivity index (χ3v) is 4.59. The second-order valence-corrected chi connectivity index (χ2v) is 6.40. The summed E-state index contributed by atoms with van der Waals surface area (Å²) >= 11 is 0.800. The normalized spacial score (nSPS) is 14.9. The molecule has 1 amide bonds. The second-order valence-electron chi connectivity index (χ2n) is 3.85. The van der Waals surface area contributed by atoms with Crippen molar-refractivity contribution in [2.45, 2.75) is 5.51 Å². The first-order chi connectivity index (χ1) is 9.54. The number of nitrogens with two attached hydrogens (primary N) is 2. The lowest BCUT2D eigenvalue weighted by molar-refractivity contribution is -0.0509. The molecule has 12 heteroatoms. The molecule has 1 aliphatic rings. The molecular weight excluding hydrogens is 335 g/mol. The van der Waals surface area contributed by atoms with Crippen molar-refractivity contribution >= 4 is 43.8 Å². The molecule has 0 saturated heterocycles. The van der Waals surface area contributed by atoms with Crippen molar-refractivity contribution < 1.29 is 30.6 Å². The molecule has 0 bridgehead atoms. The van der Waals surface area contributed by atoms with E-state index in [1.165, 1.54) is 0 Å². The van der Waals surface area contributed by atoms with Crippen LogP contribution in [0.15, 0.2) is 6.08 Å². The summed E-state index contributed by atoms with van der Waals surface area (Å²) in [6, 6.07) is 0. The lowest BCUT2D eigenvalue weighted by atomic mass is 10.1. The molecule has 0 aliphatic carbocycles. The Labute approximate surface area is 120 Å². The Balaban J connectivity index is 2.47. The van der Waals surface area contributed by atoms with Crippen molar-refractivity contribution in [1.82, 2.24) is 0 Å². The van der Waals surface area contributed by atoms with Gasteiger partial charge in [0.2, 0.25) is 0 Å². The number of carbonyl (C=O) groups excluding carboxylic acids is 1. The van der Waals surface area contributed by atoms with Crippen LogP contribution in [0.2, 0.25) is 0 Å². The Morgan fingerprint density at radius 2 is 2.05 bits per heavy atom. The lowest BCUT2D eigenvalue weighted by Crippen LogP contribution is -2.26. The minimum absolute atomic E-state index is 0.00780. The fraction of sp³-hybridized carbons (Fsp3) is 0.222. The van der Waals surface area contributed by atoms with Crippen molar-refractivity contribution in [3.8, 4) is 0 Å². The number of anilines is 2. The van der Waals surface area contributed by atoms with Gasteiger partial charge in [0, 0.05) is 6.54 Å². The second kappa shape index (κ2) is 4.80. The number of halogens is 3. The first-order valence-corrected chi connectivity index (χ1v) is 7.44. The van der Waals surface area contributed by atoms with Gasteiger partial charge in [0.15, 0.2) is 5.76 Å². The van der Waals surface area contributed by atoms with Crippen LogP contribution in [-0.4, -0.2) is 26.4 Å². The molecule has 0 spiro atoms. The smallest absolute Gasteiger partial charge is 0.397 e. The minimum atomic E-state index is -5.83. The number of hydrogen-bond donors (Lipinski definition) is 3. The van der Waals surface area contributed by atoms with Gasteiger partial charge in [0.05, 0.1) is 11.3 Å². The molecule has 1 aromatic rings. The van der Waals surface area contributed by atoms with Gasteiger partial charge >= 0.3 is 15.6 Å². The number of carbonyl (C=O) groups is 1. The highest BCUT2D eigenvalue weighted by molar-refractivity contribution is 7.87. The highest BCUT2D eigenvalue weighted by Gasteiger charge is 2.49. The standard InChI is InChI=1S/C9H8F3N3O4S2/c10-9(11,12)21(17,18)19-3-1-2-15-8-4(3)5(13)6(20-8)7(14)16/h1,15H,2,13H2,(H2,14,16). The van der Waals surface area contributed by atoms with E-state index in [2.05, 4.69) is 9.50 Å². The molecule has 7 nitrogen and oxygen atoms in total. The van der Waals surface area contributed by atoms with Crippen LogP contribution in [0, 0.1) is 0 Å². The third kappa shape index (κ3) is 2.63. The molecule has 5 N–H and O–H groups in total. The van der Waals surface area contributed by atoms with Crippen LogP contribution in [0.1, 0.15) is 15.2 Å². The van der Waals surface area contributed by atoms with Gasteiger partial charge in [-0.05, 0) is 6.08 Å². The van der Waals surface area contributed by atoms with Crippen LogP contribution < -0.4 is 16.8 Å². The number of amides is 1. The molecule has 21 heavy (non-hydrogen) atoms. The van der Waals surface area contributed by atoms with Crippen LogP contribution in [0.4, 0.5) is 23.9 Å². The van der Waals surface area contributed by atoms with E-state index >= 15 is 0 Å². The quantitative estimate of drug-likeness (QED) is 0.557. The predicted molar refractivity (Wildman–Crippen MR) is 69.8 cm³/mol. The predicted octanol–water partition coefficient (Wildman–Crippen LogP) is 1.06. The number of primary amides is 1. The summed E-state index contributed by atoms with van der Waals surface area (Å²) in [5, 5.41) is 2.94. The van der Waals surface area contributed by atoms with E-state index in [0.29, 0.717) is 0 Å². The summed E-state index contributed by atoms with van der Waals surface area (Å²) in [4.78, 5) is 11.1. The van der Waals surface area contributed by atoms with Gasteiger partial charge in [0.1, 0.15) is 9.88 Å². The topological polar surface area (TPSA) is 125 Å². The zero-order valence-corrected chi connectivity index (χ0v) is 11.7. The van der Waals surface area contributed by atoms with Crippen LogP contribution in [-0.2, 0) is 14.3 Å². The zero-order chi connectivity index (χ0) is 16.0. The van der Waals surface area contributed by atoms with E-state index in [0.717, 1.165) is 17.4 Å². The van der Waals surface area contributed by atoms with Crippen LogP contribution >= 0.6 is 11.3 Å². The van der Waals surface area contributed by atoms with E-state index in [1.54, 1.807) is 0 Å². The largest absolute Gasteiger partial charge is 0.534 e. The van der Waals surface area contributed by atoms with E-state index in [4.69, 9.17) is 11.5 Å². The zero-order valence-electron chi connectivity index (χ0n) is 10.0. The van der Waals surface area contributed by atoms with Crippen molar-refractivity contribution in [3.05, 3.63) is 16.5 Å². The number of nitrogens with one attached hydrogen (secondary N) is 1. The first-order valence-electron chi connectivity index (χ1n) is 5.22. The Morgan fingerprint density at radius 1 is 1.43 bits per heavy atom. The maximum atomic E-state index is 12.3. The van der Waals surface area contributed by atoms with E-state index in [1.807, 2.05) is 0 Å². The molecule has 0 atom stereocenters. The number of nitrogen functional groups attached to an aromatic ring is 1. The number of thiophene rings is 1. The van der Waals surface area contributed by atoms with E-state index in [9.17, 15) is 26.4 Å². The van der Waals surface area contributed by atoms with Gasteiger partial charge in [-0.15, -0.1) is 11.3 Å². The first kappa shape index (κ1) is 15.4. The lowest BCUT2D eigenvalue weighted by Gasteiger charge is -2.17. The Morgan fingerprint density at radius 3 is 2.57 bits per heavy atom. The van der Waals surface area contributed by atoms with Crippen LogP contribution in [0.5, 0.6) is 0 Å². The molecular formula is C9H8F3N3O4S2. The highest BCUT2D eigenvalue weighted by Crippen LogP contribution is 2.43. The van der Waals surface area contributed by atoms with Crippen molar-refractivity contribution in [1.29, 1.82) is 0 Å². The highest BCUT2D eigenvalue weighted by atomic mass is 32.2. The molecule has 1 aromatic heterocycles. The number of hydrogen-bond acceptors (Lipinski definition) is 7. The molecule has 0 saturated carbocycles. The molecule has 2 rings (SSSR count). The summed E-state index contributed by atoms with van der Waals surface area (Å²) < 4.78 is 63.2. The molecule has 2 heterocycles. The SMILES string of the molecule is NC(=O)c1sc2c(c1N)C(OS(=O)(=O)C(F)(F)F)=CCN2. The molecule has 0 aromatic carbocycles. The average Bonchev–Trinajstić information content (AvgIpc) is 2.66. The average molecular weight is 343 g/mol. The molecule has 0 fully saturated rings. The van der Waals surface area contributed by atoms with Crippen molar-refractivity contribution in [2.75, 3.05) is 17.6 Å². The fourth-order valence-electron chi connectivity index (χ4n) is 1.58. The maximum absolute atomic E-state index is 12.3. The van der Waals surface area contributed by atoms with E-state index < -0.39 is 27.3 Å². The summed E-state index contributed by atoms with van der Waals surface area (Å²) in [6.45, 7) is 0.00780. The Hall–Kier alpha value is -1.95. The van der Waals surface area contributed by atoms with Gasteiger partial charge in [-0.2, -0.15) is 21.6 Å². The number of alkyl halides is 3. The molecule has 0 unspecified atom stereocenters. The van der Waals surface area contributed by atoms with Crippen LogP contribution in [0.3, 0.4) is 0 Å². The van der Waals surface area contributed by atoms with E-state index in [-0.39, 0.29) is 27.7 Å². The third-order valence-electron chi connectivity index (χ3n) is 2.45. The minimum Gasteiger partial charge on any atom is -0.397 e. The molecule has 116 valence electrons. The summed E-state index contributed by atoms with van der Waals surface area (Å²) in [7, 11) is -5.83. The van der Waals surface area contributed by atoms with Gasteiger partial charge < -0.3 is 21.0 Å². The van der Waals surface area contributed by atoms with Gasteiger partial charge in [-0.3, -0.25) is 4.79 Å². The van der Waals surface area contributed by atoms with Crippen molar-refractivity contribution in [3.63, 3.8) is 0 Å². The fourth-order valence-corrected chi connectivity index (χ4v) is 3.04. The number of fused-ring (bicyclic) bond motifs is 1. The summed E-state index contributed by atoms with van der Waals surface area (Å²) in [5.74, 6) is -1.48. The Kier molecular flexibility index (Phi) is 3.53. The van der Waals surface area contributed by atoms with Gasteiger partial charge in [0.25, 0.3) is 5.91 Å².